The van der Waals surface area contributed by atoms with Crippen LogP contribution in [0.15, 0.2) is 12.7 Å². The summed E-state index contributed by atoms with van der Waals surface area (Å²) in [7, 11) is 1.77. The second-order valence-corrected chi connectivity index (χ2v) is 4.98. The van der Waals surface area contributed by atoms with Crippen LogP contribution in [0.4, 0.5) is 0 Å². The van der Waals surface area contributed by atoms with Gasteiger partial charge in [0, 0.05) is 5.92 Å². The average Bonchev–Trinajstić information content (AvgIpc) is 2.13. The predicted octanol–water partition coefficient (Wildman–Crippen LogP) is 1.97. The summed E-state index contributed by atoms with van der Waals surface area (Å²) < 4.78 is 0. The fraction of sp³-hybridized carbons (Fsp3) is 0.692. The monoisotopic (exact) mass is 225 g/mol. The Morgan fingerprint density at radius 2 is 1.81 bits per heavy atom. The van der Waals surface area contributed by atoms with E-state index in [-0.39, 0.29) is 28.9 Å². The highest BCUT2D eigenvalue weighted by atomic mass is 16.1. The fourth-order valence-electron chi connectivity index (χ4n) is 2.22. The number of carbonyl (C=O) groups excluding carboxylic acids is 2. The maximum absolute atomic E-state index is 11.5. The highest BCUT2D eigenvalue weighted by molar-refractivity contribution is 5.83. The molecule has 0 aromatic heterocycles. The van der Waals surface area contributed by atoms with Crippen molar-refractivity contribution in [1.82, 2.24) is 5.32 Å². The van der Waals surface area contributed by atoms with E-state index in [1.807, 2.05) is 13.8 Å². The van der Waals surface area contributed by atoms with Crippen LogP contribution in [0.3, 0.4) is 0 Å². The van der Waals surface area contributed by atoms with Crippen molar-refractivity contribution in [3.8, 4) is 0 Å². The van der Waals surface area contributed by atoms with Gasteiger partial charge in [0.25, 0.3) is 0 Å². The predicted molar refractivity (Wildman–Crippen MR) is 66.3 cm³/mol. The van der Waals surface area contributed by atoms with Crippen LogP contribution in [0.1, 0.15) is 34.1 Å². The van der Waals surface area contributed by atoms with Crippen molar-refractivity contribution in [2.45, 2.75) is 40.2 Å². The van der Waals surface area contributed by atoms with Gasteiger partial charge in [-0.3, -0.25) is 9.59 Å². The molecule has 0 fully saturated rings. The summed E-state index contributed by atoms with van der Waals surface area (Å²) in [6, 6.07) is -0.228. The van der Waals surface area contributed by atoms with Gasteiger partial charge in [0.2, 0.25) is 0 Å². The maximum Gasteiger partial charge on any atom is 0.147 e. The van der Waals surface area contributed by atoms with Crippen molar-refractivity contribution in [2.75, 3.05) is 7.05 Å². The van der Waals surface area contributed by atoms with Crippen LogP contribution < -0.4 is 5.32 Å². The molecule has 16 heavy (non-hydrogen) atoms. The van der Waals surface area contributed by atoms with E-state index in [9.17, 15) is 9.59 Å². The minimum atomic E-state index is -0.259. The molecular weight excluding hydrogens is 202 g/mol. The van der Waals surface area contributed by atoms with Gasteiger partial charge in [-0.15, -0.1) is 6.58 Å². The third kappa shape index (κ3) is 3.89. The molecule has 0 heterocycles. The molecule has 3 heteroatoms. The quantitative estimate of drug-likeness (QED) is 0.674. The molecule has 0 aliphatic rings. The highest BCUT2D eigenvalue weighted by Crippen LogP contribution is 2.30. The van der Waals surface area contributed by atoms with Gasteiger partial charge in [0.15, 0.2) is 0 Å². The topological polar surface area (TPSA) is 46.2 Å². The third-order valence-corrected chi connectivity index (χ3v) is 3.03. The number of carbonyl (C=O) groups is 2. The molecule has 0 amide bonds. The number of hydrogen-bond donors (Lipinski definition) is 1. The lowest BCUT2D eigenvalue weighted by Gasteiger charge is -2.34. The number of rotatable bonds is 7. The van der Waals surface area contributed by atoms with Crippen molar-refractivity contribution >= 4 is 11.6 Å². The molecule has 92 valence electrons. The first kappa shape index (κ1) is 15.0. The molecule has 0 rings (SSSR count). The molecule has 0 radical (unpaired) electrons. The van der Waals surface area contributed by atoms with Crippen molar-refractivity contribution in [1.29, 1.82) is 0 Å². The molecule has 0 bridgehead atoms. The molecule has 0 aliphatic carbocycles. The van der Waals surface area contributed by atoms with Crippen LogP contribution in [0.5, 0.6) is 0 Å². The SMILES string of the molecule is C=CC(CC(C)(C)C(NC)C(C)=O)C(C)=O. The zero-order valence-corrected chi connectivity index (χ0v) is 11.0. The molecule has 0 aromatic rings. The molecule has 0 spiro atoms. The highest BCUT2D eigenvalue weighted by Gasteiger charge is 2.34. The van der Waals surface area contributed by atoms with E-state index in [0.29, 0.717) is 6.42 Å². The number of likely N-dealkylation sites (N-methyl/N-ethyl adjacent to an activating group) is 1. The summed E-state index contributed by atoms with van der Waals surface area (Å²) in [6.07, 6.45) is 2.30. The van der Waals surface area contributed by atoms with Crippen LogP contribution in [0.25, 0.3) is 0 Å². The van der Waals surface area contributed by atoms with Gasteiger partial charge in [-0.1, -0.05) is 19.9 Å². The molecule has 2 atom stereocenters. The molecule has 0 aliphatic heterocycles. The van der Waals surface area contributed by atoms with Crippen molar-refractivity contribution in [3.63, 3.8) is 0 Å². The average molecular weight is 225 g/mol. The zero-order chi connectivity index (χ0) is 12.9. The summed E-state index contributed by atoms with van der Waals surface area (Å²) in [5, 5.41) is 3.02. The van der Waals surface area contributed by atoms with E-state index < -0.39 is 0 Å². The van der Waals surface area contributed by atoms with Gasteiger partial charge in [0.05, 0.1) is 6.04 Å². The van der Waals surface area contributed by atoms with E-state index in [1.54, 1.807) is 27.0 Å². The van der Waals surface area contributed by atoms with Gasteiger partial charge in [-0.05, 0) is 32.7 Å². The third-order valence-electron chi connectivity index (χ3n) is 3.03. The first-order valence-corrected chi connectivity index (χ1v) is 5.57. The smallest absolute Gasteiger partial charge is 0.147 e. The van der Waals surface area contributed by atoms with Crippen molar-refractivity contribution in [3.05, 3.63) is 12.7 Å². The van der Waals surface area contributed by atoms with Crippen LogP contribution >= 0.6 is 0 Å². The van der Waals surface area contributed by atoms with Crippen LogP contribution in [-0.2, 0) is 9.59 Å². The Morgan fingerprint density at radius 3 is 2.06 bits per heavy atom. The van der Waals surface area contributed by atoms with Gasteiger partial charge < -0.3 is 5.32 Å². The van der Waals surface area contributed by atoms with Gasteiger partial charge >= 0.3 is 0 Å². The molecule has 1 N–H and O–H groups in total. The van der Waals surface area contributed by atoms with E-state index in [0.717, 1.165) is 0 Å². The van der Waals surface area contributed by atoms with Crippen molar-refractivity contribution < 1.29 is 9.59 Å². The first-order valence-electron chi connectivity index (χ1n) is 5.57. The number of allylic oxidation sites excluding steroid dienone is 1. The zero-order valence-electron chi connectivity index (χ0n) is 11.0. The Bertz CT molecular complexity index is 282. The number of hydrogen-bond acceptors (Lipinski definition) is 3. The van der Waals surface area contributed by atoms with E-state index in [2.05, 4.69) is 11.9 Å². The minimum Gasteiger partial charge on any atom is -0.310 e. The Labute approximate surface area is 98.3 Å². The van der Waals surface area contributed by atoms with E-state index in [4.69, 9.17) is 0 Å². The molecule has 0 saturated carbocycles. The Hall–Kier alpha value is -0.960. The Balaban J connectivity index is 4.83. The van der Waals surface area contributed by atoms with Crippen LogP contribution in [-0.4, -0.2) is 24.7 Å². The maximum atomic E-state index is 11.5. The van der Waals surface area contributed by atoms with E-state index in [1.165, 1.54) is 0 Å². The van der Waals surface area contributed by atoms with Gasteiger partial charge in [-0.25, -0.2) is 0 Å². The normalized spacial score (nSPS) is 15.3. The van der Waals surface area contributed by atoms with Gasteiger partial charge in [0.1, 0.15) is 11.6 Å². The summed E-state index contributed by atoms with van der Waals surface area (Å²) >= 11 is 0. The Morgan fingerprint density at radius 1 is 1.31 bits per heavy atom. The molecule has 3 nitrogen and oxygen atoms in total. The van der Waals surface area contributed by atoms with Crippen LogP contribution in [0, 0.1) is 11.3 Å². The molecule has 2 unspecified atom stereocenters. The lowest BCUT2D eigenvalue weighted by atomic mass is 9.74. The minimum absolute atomic E-state index is 0.0962. The summed E-state index contributed by atoms with van der Waals surface area (Å²) in [6.45, 7) is 10.8. The van der Waals surface area contributed by atoms with Crippen LogP contribution in [0.2, 0.25) is 0 Å². The molecular formula is C13H23NO2. The Kier molecular flexibility index (Phi) is 5.59. The number of nitrogens with one attached hydrogen (secondary N) is 1. The number of Topliss-reactive ketones (excluding diaryl/α,β-unsaturated/α-hetero) is 2. The number of ketones is 2. The summed E-state index contributed by atoms with van der Waals surface area (Å²) in [5.41, 5.74) is -0.259. The molecule has 0 aromatic carbocycles. The second-order valence-electron chi connectivity index (χ2n) is 4.98. The second kappa shape index (κ2) is 5.94. The lowest BCUT2D eigenvalue weighted by Crippen LogP contribution is -2.46. The standard InChI is InChI=1S/C13H23NO2/c1-7-11(9(2)15)8-13(4,5)12(14-6)10(3)16/h7,11-12,14H,1,8H2,2-6H3. The summed E-state index contributed by atoms with van der Waals surface area (Å²) in [5.74, 6) is 0.0190. The molecule has 0 saturated heterocycles. The van der Waals surface area contributed by atoms with Crippen molar-refractivity contribution in [2.24, 2.45) is 11.3 Å². The lowest BCUT2D eigenvalue weighted by molar-refractivity contribution is -0.124. The van der Waals surface area contributed by atoms with Gasteiger partial charge in [-0.2, -0.15) is 0 Å². The first-order chi connectivity index (χ1) is 7.26. The largest absolute Gasteiger partial charge is 0.310 e. The fourth-order valence-corrected chi connectivity index (χ4v) is 2.22. The summed E-state index contributed by atoms with van der Waals surface area (Å²) in [4.78, 5) is 22.8. The van der Waals surface area contributed by atoms with E-state index >= 15 is 0 Å².